The number of hydrogen-bond acceptors (Lipinski definition) is 5. The Balaban J connectivity index is 1.40. The van der Waals surface area contributed by atoms with Gasteiger partial charge in [0, 0.05) is 69.0 Å². The molecule has 1 unspecified atom stereocenters. The minimum Gasteiger partial charge on any atom is -0.381 e. The van der Waals surface area contributed by atoms with Crippen molar-refractivity contribution in [3.63, 3.8) is 0 Å². The van der Waals surface area contributed by atoms with Gasteiger partial charge in [0.25, 0.3) is 0 Å². The van der Waals surface area contributed by atoms with Crippen LogP contribution in [0.4, 0.5) is 0 Å². The molecule has 2 aliphatic heterocycles. The predicted octanol–water partition coefficient (Wildman–Crippen LogP) is 2.38. The number of carbonyl (C=O) groups excluding carboxylic acids is 1. The molecular weight excluding hydrogens is 340 g/mol. The number of fused-ring (bicyclic) bond motifs is 1. The highest BCUT2D eigenvalue weighted by Gasteiger charge is 2.33. The van der Waals surface area contributed by atoms with Crippen molar-refractivity contribution in [1.29, 1.82) is 0 Å². The van der Waals surface area contributed by atoms with E-state index in [0.717, 1.165) is 76.9 Å². The lowest BCUT2D eigenvalue weighted by Gasteiger charge is -2.36. The van der Waals surface area contributed by atoms with E-state index in [4.69, 9.17) is 9.72 Å². The third-order valence-corrected chi connectivity index (χ3v) is 6.60. The average Bonchev–Trinajstić information content (AvgIpc) is 2.73. The maximum absolute atomic E-state index is 13.0. The van der Waals surface area contributed by atoms with Gasteiger partial charge in [-0.25, -0.2) is 9.97 Å². The molecule has 6 nitrogen and oxygen atoms in total. The lowest BCUT2D eigenvalue weighted by Crippen LogP contribution is -2.44. The molecule has 0 aromatic carbocycles. The summed E-state index contributed by atoms with van der Waals surface area (Å²) < 4.78 is 5.45. The van der Waals surface area contributed by atoms with E-state index in [1.807, 2.05) is 6.20 Å². The van der Waals surface area contributed by atoms with Gasteiger partial charge in [0.1, 0.15) is 5.82 Å². The van der Waals surface area contributed by atoms with Gasteiger partial charge in [0.15, 0.2) is 0 Å². The van der Waals surface area contributed by atoms with Crippen LogP contribution in [0.5, 0.6) is 0 Å². The number of carbonyl (C=O) groups is 1. The van der Waals surface area contributed by atoms with Crippen molar-refractivity contribution >= 4 is 5.91 Å². The Labute approximate surface area is 162 Å². The molecule has 0 bridgehead atoms. The van der Waals surface area contributed by atoms with Gasteiger partial charge < -0.3 is 14.5 Å². The highest BCUT2D eigenvalue weighted by molar-refractivity contribution is 5.79. The van der Waals surface area contributed by atoms with Crippen LogP contribution in [0.3, 0.4) is 0 Å². The quantitative estimate of drug-likeness (QED) is 0.815. The Kier molecular flexibility index (Phi) is 5.74. The summed E-state index contributed by atoms with van der Waals surface area (Å²) in [5, 5.41) is 0. The van der Waals surface area contributed by atoms with Crippen LogP contribution in [0.15, 0.2) is 6.20 Å². The molecule has 3 aliphatic rings. The standard InChI is InChI=1S/C21H32N4O2/c1-24-11-9-19-17(13-24)12-22-20(23-19)16-4-3-10-25(14-16)21(26)15-5-7-18(27-2)8-6-15/h12,15-16,18H,3-11,13-14H2,1-2H3. The summed E-state index contributed by atoms with van der Waals surface area (Å²) in [6.45, 7) is 3.66. The summed E-state index contributed by atoms with van der Waals surface area (Å²) >= 11 is 0. The van der Waals surface area contributed by atoms with Gasteiger partial charge in [0.2, 0.25) is 5.91 Å². The molecule has 148 valence electrons. The lowest BCUT2D eigenvalue weighted by molar-refractivity contribution is -0.138. The first kappa shape index (κ1) is 18.8. The molecule has 1 aromatic rings. The van der Waals surface area contributed by atoms with E-state index in [9.17, 15) is 4.79 Å². The lowest BCUT2D eigenvalue weighted by atomic mass is 9.85. The van der Waals surface area contributed by atoms with E-state index in [1.54, 1.807) is 7.11 Å². The van der Waals surface area contributed by atoms with Gasteiger partial charge in [-0.15, -0.1) is 0 Å². The second-order valence-corrected chi connectivity index (χ2v) is 8.52. The number of ether oxygens (including phenoxy) is 1. The van der Waals surface area contributed by atoms with Crippen LogP contribution in [0.25, 0.3) is 0 Å². The second-order valence-electron chi connectivity index (χ2n) is 8.52. The Hall–Kier alpha value is -1.53. The average molecular weight is 373 g/mol. The first-order chi connectivity index (χ1) is 13.1. The van der Waals surface area contributed by atoms with Gasteiger partial charge in [-0.05, 0) is 45.6 Å². The topological polar surface area (TPSA) is 58.6 Å². The Morgan fingerprint density at radius 1 is 1.19 bits per heavy atom. The second kappa shape index (κ2) is 8.23. The molecule has 1 aliphatic carbocycles. The molecule has 27 heavy (non-hydrogen) atoms. The Morgan fingerprint density at radius 2 is 2.00 bits per heavy atom. The molecule has 6 heteroatoms. The number of aromatic nitrogens is 2. The fraction of sp³-hybridized carbons (Fsp3) is 0.762. The highest BCUT2D eigenvalue weighted by atomic mass is 16.5. The Morgan fingerprint density at radius 3 is 2.78 bits per heavy atom. The van der Waals surface area contributed by atoms with Gasteiger partial charge in [-0.1, -0.05) is 0 Å². The zero-order valence-electron chi connectivity index (χ0n) is 16.7. The first-order valence-electron chi connectivity index (χ1n) is 10.5. The van der Waals surface area contributed by atoms with Crippen molar-refractivity contribution < 1.29 is 9.53 Å². The van der Waals surface area contributed by atoms with Crippen LogP contribution in [-0.4, -0.2) is 65.6 Å². The van der Waals surface area contributed by atoms with Gasteiger partial charge >= 0.3 is 0 Å². The summed E-state index contributed by atoms with van der Waals surface area (Å²) in [5.74, 6) is 1.74. The molecule has 1 atom stereocenters. The van der Waals surface area contributed by atoms with Crippen LogP contribution in [0.1, 0.15) is 61.5 Å². The summed E-state index contributed by atoms with van der Waals surface area (Å²) in [6, 6.07) is 0. The number of amides is 1. The fourth-order valence-corrected chi connectivity index (χ4v) is 4.86. The number of hydrogen-bond donors (Lipinski definition) is 0. The smallest absolute Gasteiger partial charge is 0.225 e. The SMILES string of the molecule is COC1CCC(C(=O)N2CCCC(c3ncc4c(n3)CCN(C)C4)C2)CC1. The van der Waals surface area contributed by atoms with Gasteiger partial charge in [-0.2, -0.15) is 0 Å². The molecule has 0 radical (unpaired) electrons. The zero-order chi connectivity index (χ0) is 18.8. The molecule has 1 saturated carbocycles. The maximum Gasteiger partial charge on any atom is 0.225 e. The Bertz CT molecular complexity index is 672. The monoisotopic (exact) mass is 372 g/mol. The van der Waals surface area contributed by atoms with Crippen molar-refractivity contribution in [2.75, 3.05) is 33.8 Å². The number of likely N-dealkylation sites (tertiary alicyclic amines) is 1. The molecule has 1 saturated heterocycles. The molecule has 0 N–H and O–H groups in total. The number of rotatable bonds is 3. The van der Waals surface area contributed by atoms with Crippen molar-refractivity contribution in [3.8, 4) is 0 Å². The minimum atomic E-state index is 0.176. The van der Waals surface area contributed by atoms with Crippen LogP contribution >= 0.6 is 0 Å². The largest absolute Gasteiger partial charge is 0.381 e. The summed E-state index contributed by atoms with van der Waals surface area (Å²) in [6.07, 6.45) is 9.42. The van der Waals surface area contributed by atoms with Gasteiger partial charge in [0.05, 0.1) is 6.10 Å². The fourth-order valence-electron chi connectivity index (χ4n) is 4.86. The highest BCUT2D eigenvalue weighted by Crippen LogP contribution is 2.31. The molecule has 1 aromatic heterocycles. The summed E-state index contributed by atoms with van der Waals surface area (Å²) in [5.41, 5.74) is 2.46. The van der Waals surface area contributed by atoms with Crippen LogP contribution in [0, 0.1) is 5.92 Å². The molecule has 1 amide bonds. The van der Waals surface area contributed by atoms with Gasteiger partial charge in [-0.3, -0.25) is 4.79 Å². The van der Waals surface area contributed by atoms with E-state index in [-0.39, 0.29) is 11.8 Å². The normalized spacial score (nSPS) is 29.4. The summed E-state index contributed by atoms with van der Waals surface area (Å²) in [4.78, 5) is 27.0. The van der Waals surface area contributed by atoms with Crippen molar-refractivity contribution in [3.05, 3.63) is 23.3 Å². The van der Waals surface area contributed by atoms with E-state index < -0.39 is 0 Å². The minimum absolute atomic E-state index is 0.176. The predicted molar refractivity (Wildman–Crippen MR) is 103 cm³/mol. The number of likely N-dealkylation sites (N-methyl/N-ethyl adjacent to an activating group) is 1. The van der Waals surface area contributed by atoms with E-state index in [1.165, 1.54) is 11.3 Å². The molecule has 0 spiro atoms. The number of methoxy groups -OCH3 is 1. The first-order valence-corrected chi connectivity index (χ1v) is 10.5. The van der Waals surface area contributed by atoms with Crippen LogP contribution < -0.4 is 0 Å². The third-order valence-electron chi connectivity index (χ3n) is 6.60. The molecule has 2 fully saturated rings. The number of nitrogens with zero attached hydrogens (tertiary/aromatic N) is 4. The van der Waals surface area contributed by atoms with E-state index >= 15 is 0 Å². The van der Waals surface area contributed by atoms with Crippen molar-refractivity contribution in [2.45, 2.75) is 63.5 Å². The summed E-state index contributed by atoms with van der Waals surface area (Å²) in [7, 11) is 3.92. The molecule has 3 heterocycles. The number of piperidine rings is 1. The van der Waals surface area contributed by atoms with E-state index in [0.29, 0.717) is 12.0 Å². The van der Waals surface area contributed by atoms with Crippen molar-refractivity contribution in [2.24, 2.45) is 5.92 Å². The third kappa shape index (κ3) is 4.16. The van der Waals surface area contributed by atoms with Crippen LogP contribution in [-0.2, 0) is 22.5 Å². The maximum atomic E-state index is 13.0. The molecule has 4 rings (SSSR count). The van der Waals surface area contributed by atoms with Crippen LogP contribution in [0.2, 0.25) is 0 Å². The molecular formula is C21H32N4O2. The van der Waals surface area contributed by atoms with E-state index in [2.05, 4.69) is 21.8 Å². The zero-order valence-corrected chi connectivity index (χ0v) is 16.7. The van der Waals surface area contributed by atoms with Crippen molar-refractivity contribution in [1.82, 2.24) is 19.8 Å².